The number of unbranched alkanes of at least 4 members (excludes halogenated alkanes) is 3. The minimum atomic E-state index is -3.94. The van der Waals surface area contributed by atoms with Crippen molar-refractivity contribution in [1.82, 2.24) is 0 Å². The molecular weight excluding hydrogens is 264 g/mol. The van der Waals surface area contributed by atoms with Crippen molar-refractivity contribution in [3.8, 4) is 0 Å². The van der Waals surface area contributed by atoms with Gasteiger partial charge in [-0.15, -0.1) is 0 Å². The molecule has 0 aliphatic carbocycles. The molecule has 116 valence electrons. The number of hydrogen-bond acceptors (Lipinski definition) is 3. The highest BCUT2D eigenvalue weighted by Gasteiger charge is 2.22. The van der Waals surface area contributed by atoms with Crippen molar-refractivity contribution in [3.05, 3.63) is 0 Å². The van der Waals surface area contributed by atoms with Crippen molar-refractivity contribution in [2.75, 3.05) is 0 Å². The van der Waals surface area contributed by atoms with Gasteiger partial charge in [-0.25, -0.2) is 0 Å². The Morgan fingerprint density at radius 3 is 1.89 bits per heavy atom. The van der Waals surface area contributed by atoms with E-state index >= 15 is 0 Å². The third-order valence-corrected chi connectivity index (χ3v) is 4.82. The summed E-state index contributed by atoms with van der Waals surface area (Å²) in [6.07, 6.45) is 7.72. The molecule has 0 aliphatic heterocycles. The van der Waals surface area contributed by atoms with E-state index in [9.17, 15) is 13.5 Å². The normalized spacial score (nSPS) is 15.4. The van der Waals surface area contributed by atoms with E-state index in [1.165, 1.54) is 0 Å². The second kappa shape index (κ2) is 10.6. The zero-order valence-electron chi connectivity index (χ0n) is 12.3. The van der Waals surface area contributed by atoms with Crippen LogP contribution in [-0.2, 0) is 10.1 Å². The van der Waals surface area contributed by atoms with Gasteiger partial charge in [0, 0.05) is 0 Å². The summed E-state index contributed by atoms with van der Waals surface area (Å²) in [4.78, 5) is 0. The number of aliphatic hydroxyl groups is 1. The second-order valence-electron chi connectivity index (χ2n) is 5.36. The highest BCUT2D eigenvalue weighted by molar-refractivity contribution is 7.86. The van der Waals surface area contributed by atoms with Gasteiger partial charge >= 0.3 is 0 Å². The fourth-order valence-corrected chi connectivity index (χ4v) is 3.16. The van der Waals surface area contributed by atoms with Crippen molar-refractivity contribution >= 4 is 10.1 Å². The molecule has 0 aliphatic rings. The fraction of sp³-hybridized carbons (Fsp3) is 1.00. The van der Waals surface area contributed by atoms with E-state index in [0.717, 1.165) is 38.5 Å². The van der Waals surface area contributed by atoms with Gasteiger partial charge < -0.3 is 5.11 Å². The standard InChI is InChI=1S/C14H30O4S/c1-3-5-7-9-13(15)10-8-12-14(11-6-4-2)19(16,17)18/h13-15H,3-12H2,1-2H3,(H,16,17,18). The van der Waals surface area contributed by atoms with Crippen LogP contribution in [0.2, 0.25) is 0 Å². The summed E-state index contributed by atoms with van der Waals surface area (Å²) in [5.74, 6) is 0. The molecule has 0 spiro atoms. The summed E-state index contributed by atoms with van der Waals surface area (Å²) in [7, 11) is -3.94. The lowest BCUT2D eigenvalue weighted by atomic mass is 10.0. The minimum Gasteiger partial charge on any atom is -0.393 e. The fourth-order valence-electron chi connectivity index (χ4n) is 2.23. The molecule has 0 saturated carbocycles. The molecule has 2 N–H and O–H groups in total. The molecular formula is C14H30O4S. The lowest BCUT2D eigenvalue weighted by Crippen LogP contribution is -2.21. The molecule has 0 bridgehead atoms. The molecule has 0 aromatic carbocycles. The highest BCUT2D eigenvalue weighted by Crippen LogP contribution is 2.18. The molecule has 0 rings (SSSR count). The Morgan fingerprint density at radius 1 is 0.842 bits per heavy atom. The van der Waals surface area contributed by atoms with Crippen LogP contribution in [-0.4, -0.2) is 29.4 Å². The highest BCUT2D eigenvalue weighted by atomic mass is 32.2. The maximum atomic E-state index is 11.2. The van der Waals surface area contributed by atoms with Crippen LogP contribution in [0.4, 0.5) is 0 Å². The molecule has 5 heteroatoms. The largest absolute Gasteiger partial charge is 0.393 e. The average Bonchev–Trinajstić information content (AvgIpc) is 2.32. The van der Waals surface area contributed by atoms with Gasteiger partial charge in [0.05, 0.1) is 11.4 Å². The van der Waals surface area contributed by atoms with Gasteiger partial charge in [-0.2, -0.15) is 8.42 Å². The monoisotopic (exact) mass is 294 g/mol. The Balaban J connectivity index is 3.92. The van der Waals surface area contributed by atoms with Crippen molar-refractivity contribution in [2.24, 2.45) is 0 Å². The second-order valence-corrected chi connectivity index (χ2v) is 7.06. The van der Waals surface area contributed by atoms with Crippen molar-refractivity contribution in [2.45, 2.75) is 89.4 Å². The smallest absolute Gasteiger partial charge is 0.267 e. The first-order valence-electron chi connectivity index (χ1n) is 7.56. The molecule has 2 atom stereocenters. The molecule has 0 amide bonds. The quantitative estimate of drug-likeness (QED) is 0.426. The Hall–Kier alpha value is -0.130. The first-order chi connectivity index (χ1) is 8.91. The molecule has 0 heterocycles. The van der Waals surface area contributed by atoms with E-state index in [1.54, 1.807) is 0 Å². The summed E-state index contributed by atoms with van der Waals surface area (Å²) in [5, 5.41) is 9.10. The van der Waals surface area contributed by atoms with E-state index in [0.29, 0.717) is 25.7 Å². The van der Waals surface area contributed by atoms with Crippen LogP contribution >= 0.6 is 0 Å². The molecule has 4 nitrogen and oxygen atoms in total. The van der Waals surface area contributed by atoms with E-state index < -0.39 is 15.4 Å². The summed E-state index contributed by atoms with van der Waals surface area (Å²) in [5.41, 5.74) is 0. The van der Waals surface area contributed by atoms with Crippen molar-refractivity contribution in [3.63, 3.8) is 0 Å². The van der Waals surface area contributed by atoms with E-state index in [2.05, 4.69) is 6.92 Å². The molecule has 19 heavy (non-hydrogen) atoms. The number of rotatable bonds is 12. The average molecular weight is 294 g/mol. The molecule has 0 fully saturated rings. The van der Waals surface area contributed by atoms with Crippen molar-refractivity contribution < 1.29 is 18.1 Å². The van der Waals surface area contributed by atoms with Gasteiger partial charge in [0.25, 0.3) is 10.1 Å². The van der Waals surface area contributed by atoms with Gasteiger partial charge in [-0.1, -0.05) is 46.0 Å². The lowest BCUT2D eigenvalue weighted by molar-refractivity contribution is 0.147. The minimum absolute atomic E-state index is 0.334. The predicted molar refractivity (Wildman–Crippen MR) is 78.9 cm³/mol. The maximum absolute atomic E-state index is 11.2. The van der Waals surface area contributed by atoms with E-state index in [-0.39, 0.29) is 6.10 Å². The summed E-state index contributed by atoms with van der Waals surface area (Å²) < 4.78 is 31.6. The Kier molecular flexibility index (Phi) is 10.6. The summed E-state index contributed by atoms with van der Waals surface area (Å²) >= 11 is 0. The molecule has 0 aromatic rings. The van der Waals surface area contributed by atoms with E-state index in [4.69, 9.17) is 4.55 Å². The zero-order valence-corrected chi connectivity index (χ0v) is 13.2. The van der Waals surface area contributed by atoms with Gasteiger partial charge in [0.2, 0.25) is 0 Å². The molecule has 0 radical (unpaired) electrons. The van der Waals surface area contributed by atoms with Gasteiger partial charge in [0.15, 0.2) is 0 Å². The maximum Gasteiger partial charge on any atom is 0.267 e. The van der Waals surface area contributed by atoms with Crippen molar-refractivity contribution in [1.29, 1.82) is 0 Å². The van der Waals surface area contributed by atoms with Crippen LogP contribution in [0, 0.1) is 0 Å². The molecule has 0 saturated heterocycles. The van der Waals surface area contributed by atoms with Crippen LogP contribution in [0.1, 0.15) is 78.1 Å². The Labute approximate surface area is 118 Å². The first-order valence-corrected chi connectivity index (χ1v) is 9.06. The third-order valence-electron chi connectivity index (χ3n) is 3.51. The SMILES string of the molecule is CCCCCC(O)CCCC(CCCC)S(=O)(=O)O. The molecule has 0 aromatic heterocycles. The van der Waals surface area contributed by atoms with Gasteiger partial charge in [-0.05, 0) is 32.1 Å². The van der Waals surface area contributed by atoms with Crippen LogP contribution < -0.4 is 0 Å². The predicted octanol–water partition coefficient (Wildman–Crippen LogP) is 3.54. The number of aliphatic hydroxyl groups excluding tert-OH is 1. The Morgan fingerprint density at radius 2 is 1.37 bits per heavy atom. The molecule has 2 unspecified atom stereocenters. The van der Waals surface area contributed by atoms with E-state index in [1.807, 2.05) is 6.92 Å². The van der Waals surface area contributed by atoms with Gasteiger partial charge in [-0.3, -0.25) is 4.55 Å². The summed E-state index contributed by atoms with van der Waals surface area (Å²) in [6, 6.07) is 0. The van der Waals surface area contributed by atoms with Crippen LogP contribution in [0.3, 0.4) is 0 Å². The third kappa shape index (κ3) is 10.3. The topological polar surface area (TPSA) is 74.6 Å². The summed E-state index contributed by atoms with van der Waals surface area (Å²) in [6.45, 7) is 4.12. The number of hydrogen-bond donors (Lipinski definition) is 2. The van der Waals surface area contributed by atoms with Crippen LogP contribution in [0.15, 0.2) is 0 Å². The lowest BCUT2D eigenvalue weighted by Gasteiger charge is -2.15. The zero-order chi connectivity index (χ0) is 14.7. The first kappa shape index (κ1) is 18.9. The van der Waals surface area contributed by atoms with Crippen LogP contribution in [0.5, 0.6) is 0 Å². The van der Waals surface area contributed by atoms with Crippen LogP contribution in [0.25, 0.3) is 0 Å². The van der Waals surface area contributed by atoms with Gasteiger partial charge in [0.1, 0.15) is 0 Å². The Bertz CT molecular complexity index is 301.